The van der Waals surface area contributed by atoms with Crippen LogP contribution in [0.2, 0.25) is 0 Å². The highest BCUT2D eigenvalue weighted by Crippen LogP contribution is 2.39. The van der Waals surface area contributed by atoms with Crippen molar-refractivity contribution in [3.05, 3.63) is 18.6 Å². The van der Waals surface area contributed by atoms with Gasteiger partial charge in [0.25, 0.3) is 0 Å². The van der Waals surface area contributed by atoms with Gasteiger partial charge in [0.15, 0.2) is 0 Å². The summed E-state index contributed by atoms with van der Waals surface area (Å²) in [6.07, 6.45) is 2.02. The molecule has 0 bridgehead atoms. The third kappa shape index (κ3) is 4.85. The molecule has 1 N–H and O–H groups in total. The van der Waals surface area contributed by atoms with E-state index in [1.54, 1.807) is 29.8 Å². The summed E-state index contributed by atoms with van der Waals surface area (Å²) in [5, 5.41) is 13.9. The van der Waals surface area contributed by atoms with Crippen molar-refractivity contribution in [1.82, 2.24) is 15.5 Å². The van der Waals surface area contributed by atoms with E-state index in [2.05, 4.69) is 53.4 Å². The predicted octanol–water partition coefficient (Wildman–Crippen LogP) is 3.96. The molecule has 4 nitrogen and oxygen atoms in total. The van der Waals surface area contributed by atoms with Crippen molar-refractivity contribution in [1.29, 1.82) is 0 Å². The number of nitrogens with one attached hydrogen (secondary N) is 1. The maximum Gasteiger partial charge on any atom is 0.149 e. The van der Waals surface area contributed by atoms with Crippen LogP contribution < -0.4 is 5.32 Å². The molecule has 2 aromatic rings. The maximum atomic E-state index is 4.98. The predicted molar refractivity (Wildman–Crippen MR) is 91.7 cm³/mol. The van der Waals surface area contributed by atoms with Gasteiger partial charge < -0.3 is 10.1 Å². The Morgan fingerprint density at radius 2 is 2.10 bits per heavy atom. The number of aryl methyl sites for hydroxylation is 1. The zero-order valence-corrected chi connectivity index (χ0v) is 15.8. The van der Waals surface area contributed by atoms with Crippen molar-refractivity contribution in [2.75, 3.05) is 26.8 Å². The number of thiophene rings is 1. The van der Waals surface area contributed by atoms with Crippen molar-refractivity contribution in [2.24, 2.45) is 0 Å². The molecule has 0 aromatic carbocycles. The molecule has 0 aliphatic heterocycles. The summed E-state index contributed by atoms with van der Waals surface area (Å²) in [6.45, 7) is 2.63. The van der Waals surface area contributed by atoms with Crippen molar-refractivity contribution in [3.63, 3.8) is 0 Å². The van der Waals surface area contributed by atoms with Crippen molar-refractivity contribution in [3.8, 4) is 10.6 Å². The molecule has 0 saturated carbocycles. The Kier molecular flexibility index (Phi) is 7.06. The number of hydrogen-bond donors (Lipinski definition) is 1. The topological polar surface area (TPSA) is 47.0 Å². The van der Waals surface area contributed by atoms with E-state index in [4.69, 9.17) is 4.74 Å². The number of hydrogen-bond acceptors (Lipinski definition) is 6. The fraction of sp³-hybridized carbons (Fsp3) is 0.500. The van der Waals surface area contributed by atoms with Gasteiger partial charge in [-0.15, -0.1) is 21.5 Å². The van der Waals surface area contributed by atoms with Crippen LogP contribution in [0.1, 0.15) is 11.4 Å². The Labute approximate surface area is 143 Å². The van der Waals surface area contributed by atoms with Gasteiger partial charge in [-0.3, -0.25) is 0 Å². The summed E-state index contributed by atoms with van der Waals surface area (Å²) < 4.78 is 7.17. The Morgan fingerprint density at radius 1 is 1.25 bits per heavy atom. The third-order valence-electron chi connectivity index (χ3n) is 2.58. The highest BCUT2D eigenvalue weighted by Gasteiger charge is 2.12. The fourth-order valence-electron chi connectivity index (χ4n) is 1.61. The summed E-state index contributed by atoms with van der Waals surface area (Å²) >= 11 is 10.4. The van der Waals surface area contributed by atoms with Crippen LogP contribution in [0.15, 0.2) is 13.6 Å². The first-order valence-corrected chi connectivity index (χ1v) is 9.40. The standard InChI is InChI=1S/C12H15Br2N3OS2/c1-18-6-5-15-4-2-3-10-16-17-12(20-10)8-7-9(13)19-11(8)14/h7,15H,2-6H2,1H3. The smallest absolute Gasteiger partial charge is 0.149 e. The average Bonchev–Trinajstić information content (AvgIpc) is 3.00. The van der Waals surface area contributed by atoms with Crippen LogP contribution in [0.25, 0.3) is 10.6 Å². The number of aromatic nitrogens is 2. The number of nitrogens with zero attached hydrogens (tertiary/aromatic N) is 2. The van der Waals surface area contributed by atoms with Gasteiger partial charge in [-0.05, 0) is 50.9 Å². The van der Waals surface area contributed by atoms with Gasteiger partial charge in [0.05, 0.1) is 14.2 Å². The van der Waals surface area contributed by atoms with Crippen LogP contribution in [0.5, 0.6) is 0 Å². The highest BCUT2D eigenvalue weighted by molar-refractivity contribution is 9.12. The van der Waals surface area contributed by atoms with E-state index >= 15 is 0 Å². The van der Waals surface area contributed by atoms with E-state index in [0.717, 1.165) is 55.7 Å². The van der Waals surface area contributed by atoms with Gasteiger partial charge in [-0.25, -0.2) is 0 Å². The minimum absolute atomic E-state index is 0.754. The zero-order chi connectivity index (χ0) is 14.4. The van der Waals surface area contributed by atoms with Crippen LogP contribution in [0, 0.1) is 0 Å². The van der Waals surface area contributed by atoms with Crippen molar-refractivity contribution >= 4 is 54.5 Å². The van der Waals surface area contributed by atoms with Crippen LogP contribution in [-0.4, -0.2) is 37.0 Å². The largest absolute Gasteiger partial charge is 0.383 e. The quantitative estimate of drug-likeness (QED) is 0.631. The van der Waals surface area contributed by atoms with Crippen LogP contribution in [0.4, 0.5) is 0 Å². The molecule has 8 heteroatoms. The first kappa shape index (κ1) is 16.5. The number of halogens is 2. The lowest BCUT2D eigenvalue weighted by atomic mass is 10.3. The number of methoxy groups -OCH3 is 1. The monoisotopic (exact) mass is 439 g/mol. The third-order valence-corrected chi connectivity index (χ3v) is 5.94. The minimum Gasteiger partial charge on any atom is -0.383 e. The van der Waals surface area contributed by atoms with Crippen LogP contribution in [-0.2, 0) is 11.2 Å². The fourth-order valence-corrected chi connectivity index (χ4v) is 5.52. The molecular formula is C12H15Br2N3OS2. The van der Waals surface area contributed by atoms with Crippen LogP contribution in [0.3, 0.4) is 0 Å². The molecule has 0 spiro atoms. The van der Waals surface area contributed by atoms with Crippen molar-refractivity contribution in [2.45, 2.75) is 12.8 Å². The Morgan fingerprint density at radius 3 is 2.80 bits per heavy atom. The second-order valence-corrected chi connectivity index (χ2v) is 8.90. The SMILES string of the molecule is COCCNCCCc1nnc(-c2cc(Br)sc2Br)s1. The summed E-state index contributed by atoms with van der Waals surface area (Å²) in [6, 6.07) is 2.07. The molecule has 2 aromatic heterocycles. The van der Waals surface area contributed by atoms with E-state index in [9.17, 15) is 0 Å². The van der Waals surface area contributed by atoms with Crippen molar-refractivity contribution < 1.29 is 4.74 Å². The van der Waals surface area contributed by atoms with Gasteiger partial charge in [-0.2, -0.15) is 0 Å². The molecule has 2 heterocycles. The normalized spacial score (nSPS) is 11.2. The molecule has 0 aliphatic rings. The second kappa shape index (κ2) is 8.55. The van der Waals surface area contributed by atoms with E-state index in [1.807, 2.05) is 0 Å². The molecule has 0 unspecified atom stereocenters. The highest BCUT2D eigenvalue weighted by atomic mass is 79.9. The van der Waals surface area contributed by atoms with Gasteiger partial charge in [0.2, 0.25) is 0 Å². The lowest BCUT2D eigenvalue weighted by Gasteiger charge is -2.01. The second-order valence-electron chi connectivity index (χ2n) is 4.09. The lowest BCUT2D eigenvalue weighted by Crippen LogP contribution is -2.20. The maximum absolute atomic E-state index is 4.98. The molecule has 0 saturated heterocycles. The Hall–Kier alpha value is 0.140. The van der Waals surface area contributed by atoms with Gasteiger partial charge in [-0.1, -0.05) is 11.3 Å². The molecule has 0 radical (unpaired) electrons. The van der Waals surface area contributed by atoms with Gasteiger partial charge in [0, 0.05) is 25.6 Å². The summed E-state index contributed by atoms with van der Waals surface area (Å²) in [5.74, 6) is 0. The molecule has 110 valence electrons. The molecule has 0 amide bonds. The summed E-state index contributed by atoms with van der Waals surface area (Å²) in [4.78, 5) is 0. The number of ether oxygens (including phenoxy) is 1. The lowest BCUT2D eigenvalue weighted by molar-refractivity contribution is 0.199. The Balaban J connectivity index is 1.82. The van der Waals surface area contributed by atoms with E-state index < -0.39 is 0 Å². The van der Waals surface area contributed by atoms with E-state index in [0.29, 0.717) is 0 Å². The summed E-state index contributed by atoms with van der Waals surface area (Å²) in [7, 11) is 1.71. The molecule has 2 rings (SSSR count). The zero-order valence-electron chi connectivity index (χ0n) is 11.0. The molecule has 20 heavy (non-hydrogen) atoms. The molecule has 0 fully saturated rings. The van der Waals surface area contributed by atoms with E-state index in [-0.39, 0.29) is 0 Å². The Bertz CT molecular complexity index is 545. The van der Waals surface area contributed by atoms with Gasteiger partial charge in [0.1, 0.15) is 10.0 Å². The average molecular weight is 441 g/mol. The van der Waals surface area contributed by atoms with E-state index in [1.165, 1.54) is 0 Å². The van der Waals surface area contributed by atoms with Gasteiger partial charge >= 0.3 is 0 Å². The first-order chi connectivity index (χ1) is 9.70. The molecule has 0 aliphatic carbocycles. The summed E-state index contributed by atoms with van der Waals surface area (Å²) in [5.41, 5.74) is 1.11. The van der Waals surface area contributed by atoms with Crippen LogP contribution >= 0.6 is 54.5 Å². The number of rotatable bonds is 8. The minimum atomic E-state index is 0.754. The molecular weight excluding hydrogens is 426 g/mol. The molecule has 0 atom stereocenters. The first-order valence-electron chi connectivity index (χ1n) is 6.18.